The zero-order valence-corrected chi connectivity index (χ0v) is 13.1. The number of nitrogens with zero attached hydrogens (tertiary/aromatic N) is 3. The number of H-pyrrole nitrogens is 1. The Morgan fingerprint density at radius 3 is 3.04 bits per heavy atom. The van der Waals surface area contributed by atoms with Crippen molar-refractivity contribution in [3.63, 3.8) is 0 Å². The third-order valence-electron chi connectivity index (χ3n) is 5.30. The van der Waals surface area contributed by atoms with Crippen LogP contribution < -0.4 is 4.74 Å². The van der Waals surface area contributed by atoms with E-state index in [2.05, 4.69) is 15.2 Å². The molecule has 1 amide bonds. The van der Waals surface area contributed by atoms with Gasteiger partial charge >= 0.3 is 0 Å². The van der Waals surface area contributed by atoms with Gasteiger partial charge in [-0.1, -0.05) is 0 Å². The van der Waals surface area contributed by atoms with E-state index in [1.807, 2.05) is 17.0 Å². The fourth-order valence-corrected chi connectivity index (χ4v) is 3.88. The summed E-state index contributed by atoms with van der Waals surface area (Å²) < 4.78 is 11.1. The van der Waals surface area contributed by atoms with Crippen molar-refractivity contribution in [3.8, 4) is 5.75 Å². The molecule has 0 aromatic carbocycles. The van der Waals surface area contributed by atoms with Gasteiger partial charge in [-0.25, -0.2) is 0 Å². The van der Waals surface area contributed by atoms with Crippen LogP contribution >= 0.6 is 0 Å². The number of fused-ring (bicyclic) bond motifs is 2. The van der Waals surface area contributed by atoms with Crippen LogP contribution in [0.1, 0.15) is 17.0 Å². The second-order valence-corrected chi connectivity index (χ2v) is 6.69. The normalized spacial score (nSPS) is 27.0. The van der Waals surface area contributed by atoms with Crippen LogP contribution in [0.25, 0.3) is 0 Å². The Labute approximate surface area is 139 Å². The molecule has 7 heteroatoms. The Morgan fingerprint density at radius 1 is 1.38 bits per heavy atom. The van der Waals surface area contributed by atoms with Crippen molar-refractivity contribution in [1.29, 1.82) is 0 Å². The smallest absolute Gasteiger partial charge is 0.227 e. The molecule has 1 N–H and O–H groups in total. The van der Waals surface area contributed by atoms with Crippen molar-refractivity contribution >= 4 is 5.91 Å². The van der Waals surface area contributed by atoms with Gasteiger partial charge in [0.05, 0.1) is 31.6 Å². The van der Waals surface area contributed by atoms with Gasteiger partial charge in [0.25, 0.3) is 0 Å². The van der Waals surface area contributed by atoms with Crippen LogP contribution in [0.2, 0.25) is 0 Å². The quantitative estimate of drug-likeness (QED) is 0.911. The zero-order valence-electron chi connectivity index (χ0n) is 13.1. The minimum atomic E-state index is 0.172. The summed E-state index contributed by atoms with van der Waals surface area (Å²) in [5.41, 5.74) is 2.98. The summed E-state index contributed by atoms with van der Waals surface area (Å²) in [5, 5.41) is 7.39. The SMILES string of the molecule is O=C(C1[C@H]2COC[C@@H]12)N1Cc2[nH]nc(COc3cccnc3)c2C1. The molecule has 2 aliphatic heterocycles. The van der Waals surface area contributed by atoms with E-state index in [1.165, 1.54) is 0 Å². The first-order valence-corrected chi connectivity index (χ1v) is 8.25. The maximum atomic E-state index is 12.7. The molecule has 5 rings (SSSR count). The highest BCUT2D eigenvalue weighted by molar-refractivity contribution is 5.83. The number of rotatable bonds is 4. The molecule has 0 radical (unpaired) electrons. The van der Waals surface area contributed by atoms with Gasteiger partial charge in [0, 0.05) is 24.2 Å². The topological polar surface area (TPSA) is 80.3 Å². The fraction of sp³-hybridized carbons (Fsp3) is 0.471. The molecule has 7 nitrogen and oxygen atoms in total. The van der Waals surface area contributed by atoms with Gasteiger partial charge in [-0.2, -0.15) is 5.10 Å². The second-order valence-electron chi connectivity index (χ2n) is 6.69. The average molecular weight is 326 g/mol. The third kappa shape index (κ3) is 2.19. The van der Waals surface area contributed by atoms with Crippen LogP contribution in [0.3, 0.4) is 0 Å². The average Bonchev–Trinajstić information content (AvgIpc) is 3.01. The summed E-state index contributed by atoms with van der Waals surface area (Å²) in [7, 11) is 0. The number of carbonyl (C=O) groups excluding carboxylic acids is 1. The van der Waals surface area contributed by atoms with E-state index in [-0.39, 0.29) is 11.8 Å². The summed E-state index contributed by atoms with van der Waals surface area (Å²) in [5.74, 6) is 2.04. The number of amides is 1. The van der Waals surface area contributed by atoms with Crippen LogP contribution in [-0.4, -0.2) is 39.2 Å². The molecule has 0 bridgehead atoms. The molecule has 1 aliphatic carbocycles. The highest BCUT2D eigenvalue weighted by Crippen LogP contribution is 2.52. The summed E-state index contributed by atoms with van der Waals surface area (Å²) in [6.45, 7) is 3.10. The molecule has 2 fully saturated rings. The number of hydrogen-bond donors (Lipinski definition) is 1. The Kier molecular flexibility index (Phi) is 3.09. The summed E-state index contributed by atoms with van der Waals surface area (Å²) in [6, 6.07) is 3.70. The number of nitrogens with one attached hydrogen (secondary N) is 1. The lowest BCUT2D eigenvalue weighted by Gasteiger charge is -2.17. The van der Waals surface area contributed by atoms with Crippen molar-refractivity contribution in [3.05, 3.63) is 41.5 Å². The van der Waals surface area contributed by atoms with Gasteiger partial charge in [0.1, 0.15) is 18.1 Å². The molecule has 4 heterocycles. The third-order valence-corrected chi connectivity index (χ3v) is 5.30. The minimum absolute atomic E-state index is 0.172. The first kappa shape index (κ1) is 14.0. The molecule has 1 saturated heterocycles. The molecule has 0 spiro atoms. The van der Waals surface area contributed by atoms with Crippen molar-refractivity contribution < 1.29 is 14.3 Å². The maximum absolute atomic E-state index is 12.7. The van der Waals surface area contributed by atoms with E-state index in [1.54, 1.807) is 12.4 Å². The Bertz CT molecular complexity index is 765. The van der Waals surface area contributed by atoms with E-state index in [9.17, 15) is 4.79 Å². The molecule has 2 aromatic rings. The van der Waals surface area contributed by atoms with Gasteiger partial charge in [0.2, 0.25) is 5.91 Å². The first-order valence-electron chi connectivity index (χ1n) is 8.25. The molecule has 1 saturated carbocycles. The van der Waals surface area contributed by atoms with Crippen molar-refractivity contribution in [2.24, 2.45) is 17.8 Å². The first-order chi connectivity index (χ1) is 11.8. The zero-order chi connectivity index (χ0) is 16.1. The Balaban J connectivity index is 1.25. The van der Waals surface area contributed by atoms with Crippen molar-refractivity contribution in [1.82, 2.24) is 20.1 Å². The number of carbonyl (C=O) groups is 1. The van der Waals surface area contributed by atoms with Gasteiger partial charge in [-0.3, -0.25) is 14.9 Å². The molecule has 24 heavy (non-hydrogen) atoms. The van der Waals surface area contributed by atoms with E-state index >= 15 is 0 Å². The van der Waals surface area contributed by atoms with Crippen molar-refractivity contribution in [2.45, 2.75) is 19.7 Å². The number of aromatic amines is 1. The van der Waals surface area contributed by atoms with Gasteiger partial charge in [-0.05, 0) is 24.0 Å². The number of hydrogen-bond acceptors (Lipinski definition) is 5. The standard InChI is InChI=1S/C17H18N4O3/c22-17(16-12-7-23-8-13(12)16)21-5-11-14(6-21)19-20-15(11)9-24-10-2-1-3-18-4-10/h1-4,12-13,16H,5-9H2,(H,19,20)/t12-,13+,16?. The number of pyridine rings is 1. The number of ether oxygens (including phenoxy) is 2. The molecular weight excluding hydrogens is 308 g/mol. The molecule has 1 unspecified atom stereocenters. The Hall–Kier alpha value is -2.41. The predicted octanol–water partition coefficient (Wildman–Crippen LogP) is 1.12. The van der Waals surface area contributed by atoms with Crippen LogP contribution in [-0.2, 0) is 29.2 Å². The molecule has 2 aromatic heterocycles. The molecule has 124 valence electrons. The molecule has 3 aliphatic rings. The van der Waals surface area contributed by atoms with E-state index in [0.717, 1.165) is 30.2 Å². The second kappa shape index (κ2) is 5.31. The van der Waals surface area contributed by atoms with Crippen LogP contribution in [0.5, 0.6) is 5.75 Å². The summed E-state index contributed by atoms with van der Waals surface area (Å²) >= 11 is 0. The van der Waals surface area contributed by atoms with Gasteiger partial charge in [-0.15, -0.1) is 0 Å². The highest BCUT2D eigenvalue weighted by Gasteiger charge is 2.59. The van der Waals surface area contributed by atoms with Gasteiger partial charge in [0.15, 0.2) is 0 Å². The van der Waals surface area contributed by atoms with Gasteiger partial charge < -0.3 is 14.4 Å². The predicted molar refractivity (Wildman–Crippen MR) is 82.7 cm³/mol. The largest absolute Gasteiger partial charge is 0.486 e. The lowest BCUT2D eigenvalue weighted by molar-refractivity contribution is -0.134. The van der Waals surface area contributed by atoms with Crippen molar-refractivity contribution in [2.75, 3.05) is 13.2 Å². The Morgan fingerprint density at radius 2 is 2.25 bits per heavy atom. The molecular formula is C17H18N4O3. The minimum Gasteiger partial charge on any atom is -0.486 e. The van der Waals surface area contributed by atoms with Crippen LogP contribution in [0, 0.1) is 17.8 Å². The monoisotopic (exact) mass is 326 g/mol. The number of aromatic nitrogens is 3. The summed E-state index contributed by atoms with van der Waals surface area (Å²) in [6.07, 6.45) is 3.39. The van der Waals surface area contributed by atoms with Crippen LogP contribution in [0.4, 0.5) is 0 Å². The van der Waals surface area contributed by atoms with E-state index < -0.39 is 0 Å². The lowest BCUT2D eigenvalue weighted by atomic mass is 10.2. The highest BCUT2D eigenvalue weighted by atomic mass is 16.5. The summed E-state index contributed by atoms with van der Waals surface area (Å²) in [4.78, 5) is 18.6. The lowest BCUT2D eigenvalue weighted by Crippen LogP contribution is -2.29. The van der Waals surface area contributed by atoms with Crippen LogP contribution in [0.15, 0.2) is 24.5 Å². The molecule has 3 atom stereocenters. The fourth-order valence-electron chi connectivity index (χ4n) is 3.88. The maximum Gasteiger partial charge on any atom is 0.227 e. The van der Waals surface area contributed by atoms with E-state index in [0.29, 0.717) is 37.3 Å². The van der Waals surface area contributed by atoms with E-state index in [4.69, 9.17) is 9.47 Å².